The number of aliphatic hydroxyl groups excluding tert-OH is 1. The van der Waals surface area contributed by atoms with Crippen molar-refractivity contribution in [3.63, 3.8) is 0 Å². The number of aromatic nitrogens is 2. The molecule has 2 aromatic heterocycles. The minimum absolute atomic E-state index is 0.0665. The number of carbonyl (C=O) groups is 4. The molecule has 1 aliphatic rings. The van der Waals surface area contributed by atoms with E-state index >= 15 is 0 Å². The molecule has 13 heteroatoms. The first-order valence-corrected chi connectivity index (χ1v) is 20.8. The van der Waals surface area contributed by atoms with Gasteiger partial charge in [0.05, 0.1) is 37.2 Å². The van der Waals surface area contributed by atoms with Gasteiger partial charge in [0.25, 0.3) is 0 Å². The smallest absolute Gasteiger partial charge is 0.407 e. The van der Waals surface area contributed by atoms with Gasteiger partial charge in [-0.1, -0.05) is 108 Å². The Labute approximate surface area is 354 Å². The lowest BCUT2D eigenvalue weighted by molar-refractivity contribution is -0.130. The summed E-state index contributed by atoms with van der Waals surface area (Å²) in [5.41, 5.74) is 4.54. The SMILES string of the molecule is CCC(C)[C@H](NC(=O)OC)C(=O)N[C@@H](Cc1ccc(-c2ccccn2)cc1)CC(O)[C@H](Cc1ccccc1)NC(=O)[C@@H](N1CCN(Cc2cccc(C)n2)C1=O)C(C)(C)C. The summed E-state index contributed by atoms with van der Waals surface area (Å²) in [4.78, 5) is 67.3. The van der Waals surface area contributed by atoms with E-state index in [1.165, 1.54) is 7.11 Å². The normalized spacial score (nSPS) is 16.0. The van der Waals surface area contributed by atoms with Gasteiger partial charge in [-0.3, -0.25) is 19.6 Å². The van der Waals surface area contributed by atoms with E-state index in [9.17, 15) is 24.3 Å². The highest BCUT2D eigenvalue weighted by Crippen LogP contribution is 2.29. The number of alkyl carbamates (subject to hydrolysis) is 1. The van der Waals surface area contributed by atoms with Crippen LogP contribution in [0.25, 0.3) is 11.3 Å². The molecular weight excluding hydrogens is 759 g/mol. The highest BCUT2D eigenvalue weighted by atomic mass is 16.5. The van der Waals surface area contributed by atoms with Crippen molar-refractivity contribution in [2.75, 3.05) is 20.2 Å². The minimum atomic E-state index is -1.14. The highest BCUT2D eigenvalue weighted by Gasteiger charge is 2.44. The summed E-state index contributed by atoms with van der Waals surface area (Å²) in [7, 11) is 1.25. The van der Waals surface area contributed by atoms with Gasteiger partial charge in [-0.15, -0.1) is 0 Å². The van der Waals surface area contributed by atoms with E-state index in [-0.39, 0.29) is 24.3 Å². The molecule has 5 rings (SSSR count). The van der Waals surface area contributed by atoms with Crippen LogP contribution in [0.2, 0.25) is 0 Å². The van der Waals surface area contributed by atoms with Gasteiger partial charge in [-0.05, 0) is 72.9 Å². The van der Waals surface area contributed by atoms with Crippen molar-refractivity contribution < 1.29 is 29.0 Å². The van der Waals surface area contributed by atoms with Crippen LogP contribution in [-0.4, -0.2) is 99.3 Å². The maximum Gasteiger partial charge on any atom is 0.407 e. The second-order valence-corrected chi connectivity index (χ2v) is 16.9. The fourth-order valence-corrected chi connectivity index (χ4v) is 7.74. The van der Waals surface area contributed by atoms with E-state index in [2.05, 4.69) is 25.9 Å². The molecule has 1 fully saturated rings. The molecule has 0 saturated carbocycles. The van der Waals surface area contributed by atoms with Crippen molar-refractivity contribution in [2.24, 2.45) is 11.3 Å². The molecule has 2 aromatic carbocycles. The van der Waals surface area contributed by atoms with Gasteiger partial charge in [-0.25, -0.2) is 9.59 Å². The van der Waals surface area contributed by atoms with E-state index in [0.29, 0.717) is 38.9 Å². The zero-order valence-corrected chi connectivity index (χ0v) is 35.9. The van der Waals surface area contributed by atoms with Crippen molar-refractivity contribution in [3.05, 3.63) is 120 Å². The van der Waals surface area contributed by atoms with Crippen molar-refractivity contribution >= 4 is 23.9 Å². The zero-order chi connectivity index (χ0) is 43.4. The number of hydrogen-bond acceptors (Lipinski definition) is 8. The molecule has 5 amide bonds. The van der Waals surface area contributed by atoms with Crippen LogP contribution >= 0.6 is 0 Å². The third-order valence-electron chi connectivity index (χ3n) is 11.1. The van der Waals surface area contributed by atoms with Crippen LogP contribution in [0.3, 0.4) is 0 Å². The topological polar surface area (TPSA) is 166 Å². The molecule has 4 N–H and O–H groups in total. The molecule has 320 valence electrons. The number of aliphatic hydroxyl groups is 1. The van der Waals surface area contributed by atoms with Crippen molar-refractivity contribution in [3.8, 4) is 11.3 Å². The van der Waals surface area contributed by atoms with Gasteiger partial charge in [0.2, 0.25) is 11.8 Å². The van der Waals surface area contributed by atoms with Crippen LogP contribution in [0.4, 0.5) is 9.59 Å². The molecule has 0 radical (unpaired) electrons. The fraction of sp³-hybridized carbons (Fsp3) is 0.447. The summed E-state index contributed by atoms with van der Waals surface area (Å²) < 4.78 is 4.84. The molecule has 0 bridgehead atoms. The second kappa shape index (κ2) is 20.9. The molecule has 13 nitrogen and oxygen atoms in total. The Kier molecular flexibility index (Phi) is 15.8. The number of methoxy groups -OCH3 is 1. The maximum atomic E-state index is 14.6. The van der Waals surface area contributed by atoms with Crippen LogP contribution < -0.4 is 16.0 Å². The number of ether oxygens (including phenoxy) is 1. The first-order valence-electron chi connectivity index (χ1n) is 20.8. The van der Waals surface area contributed by atoms with Gasteiger partial charge in [-0.2, -0.15) is 0 Å². The molecule has 0 spiro atoms. The van der Waals surface area contributed by atoms with Gasteiger partial charge in [0, 0.05) is 36.6 Å². The second-order valence-electron chi connectivity index (χ2n) is 16.9. The largest absolute Gasteiger partial charge is 0.453 e. The standard InChI is InChI=1S/C47H61N7O6/c1-8-31(2)41(52-45(58)60-7)43(56)50-37(27-34-20-22-35(23-21-34)38-19-12-13-24-48-38)29-40(55)39(28-33-16-10-9-11-17-33)51-44(57)42(47(4,5)6)54-26-25-53(46(54)59)30-36-18-14-15-32(3)49-36/h9-24,31,37,39-42,55H,8,25-30H2,1-7H3,(H,50,56)(H,51,57)(H,52,58)/t31?,37-,39-,40?,41-,42+/m0/s1. The fourth-order valence-electron chi connectivity index (χ4n) is 7.74. The Bertz CT molecular complexity index is 2030. The highest BCUT2D eigenvalue weighted by molar-refractivity contribution is 5.89. The van der Waals surface area contributed by atoms with Crippen LogP contribution in [0.1, 0.15) is 70.0 Å². The number of nitrogens with zero attached hydrogens (tertiary/aromatic N) is 4. The number of pyridine rings is 2. The zero-order valence-electron chi connectivity index (χ0n) is 35.9. The number of hydrogen-bond donors (Lipinski definition) is 4. The quantitative estimate of drug-likeness (QED) is 0.0938. The van der Waals surface area contributed by atoms with Crippen molar-refractivity contribution in [1.29, 1.82) is 0 Å². The summed E-state index contributed by atoms with van der Waals surface area (Å²) in [6, 6.07) is 25.5. The number of benzene rings is 2. The molecule has 1 aliphatic heterocycles. The molecule has 3 heterocycles. The summed E-state index contributed by atoms with van der Waals surface area (Å²) in [6.07, 6.45) is 1.21. The summed E-state index contributed by atoms with van der Waals surface area (Å²) >= 11 is 0. The first-order chi connectivity index (χ1) is 28.7. The Balaban J connectivity index is 1.41. The lowest BCUT2D eigenvalue weighted by Gasteiger charge is -2.38. The van der Waals surface area contributed by atoms with Crippen LogP contribution in [0, 0.1) is 18.3 Å². The van der Waals surface area contributed by atoms with Crippen LogP contribution in [0.15, 0.2) is 97.2 Å². The van der Waals surface area contributed by atoms with E-state index in [1.807, 2.05) is 133 Å². The molecule has 1 saturated heterocycles. The maximum absolute atomic E-state index is 14.6. The molecule has 60 heavy (non-hydrogen) atoms. The molecule has 6 atom stereocenters. The van der Waals surface area contributed by atoms with E-state index in [0.717, 1.165) is 33.8 Å². The Morgan fingerprint density at radius 2 is 1.55 bits per heavy atom. The van der Waals surface area contributed by atoms with Crippen molar-refractivity contribution in [2.45, 2.75) is 104 Å². The number of amides is 5. The predicted octanol–water partition coefficient (Wildman–Crippen LogP) is 6.08. The first kappa shape index (κ1) is 45.3. The minimum Gasteiger partial charge on any atom is -0.453 e. The predicted molar refractivity (Wildman–Crippen MR) is 232 cm³/mol. The Morgan fingerprint density at radius 1 is 0.850 bits per heavy atom. The Hall–Kier alpha value is -5.82. The van der Waals surface area contributed by atoms with E-state index in [1.54, 1.807) is 16.0 Å². The lowest BCUT2D eigenvalue weighted by Crippen LogP contribution is -2.59. The van der Waals surface area contributed by atoms with Crippen LogP contribution in [-0.2, 0) is 33.7 Å². The number of aryl methyl sites for hydroxylation is 1. The third kappa shape index (κ3) is 12.4. The van der Waals surface area contributed by atoms with Crippen LogP contribution in [0.5, 0.6) is 0 Å². The lowest BCUT2D eigenvalue weighted by atomic mass is 9.84. The number of carbonyl (C=O) groups excluding carboxylic acids is 4. The monoisotopic (exact) mass is 819 g/mol. The average molecular weight is 820 g/mol. The number of nitrogens with one attached hydrogen (secondary N) is 3. The summed E-state index contributed by atoms with van der Waals surface area (Å²) in [5.74, 6) is -1.01. The van der Waals surface area contributed by atoms with Gasteiger partial charge < -0.3 is 35.6 Å². The van der Waals surface area contributed by atoms with E-state index in [4.69, 9.17) is 4.74 Å². The number of rotatable bonds is 18. The molecule has 4 aromatic rings. The van der Waals surface area contributed by atoms with E-state index < -0.39 is 47.7 Å². The average Bonchev–Trinajstić information content (AvgIpc) is 3.57. The van der Waals surface area contributed by atoms with Gasteiger partial charge in [0.15, 0.2) is 0 Å². The van der Waals surface area contributed by atoms with Gasteiger partial charge >= 0.3 is 12.1 Å². The van der Waals surface area contributed by atoms with Crippen molar-refractivity contribution in [1.82, 2.24) is 35.7 Å². The van der Waals surface area contributed by atoms with Gasteiger partial charge in [0.1, 0.15) is 12.1 Å². The third-order valence-corrected chi connectivity index (χ3v) is 11.1. The molecule has 0 aliphatic carbocycles. The number of urea groups is 1. The molecular formula is C47H61N7O6. The molecule has 2 unspecified atom stereocenters. The summed E-state index contributed by atoms with van der Waals surface area (Å²) in [6.45, 7) is 12.6. The Morgan fingerprint density at radius 3 is 2.18 bits per heavy atom. The summed E-state index contributed by atoms with van der Waals surface area (Å²) in [5, 5.41) is 21.2.